The third kappa shape index (κ3) is 2.36. The zero-order chi connectivity index (χ0) is 15.1. The summed E-state index contributed by atoms with van der Waals surface area (Å²) < 4.78 is 0. The molecule has 4 aliphatic carbocycles. The minimum absolute atomic E-state index is 1.34. The maximum Gasteiger partial charge on any atom is -0.0270 e. The lowest BCUT2D eigenvalue weighted by Gasteiger charge is -2.15. The Hall–Kier alpha value is -1.04. The van der Waals surface area contributed by atoms with Crippen LogP contribution in [0.2, 0.25) is 0 Å². The molecule has 0 bridgehead atoms. The highest BCUT2D eigenvalue weighted by Crippen LogP contribution is 2.38. The SMILES string of the molecule is C1CC2=C(C1)CCC2.Cc1c2c(c(C)c3c1CCC3)CCC2. The van der Waals surface area contributed by atoms with E-state index in [1.165, 1.54) is 77.0 Å². The number of allylic oxidation sites excluding steroid dienone is 2. The van der Waals surface area contributed by atoms with E-state index in [4.69, 9.17) is 0 Å². The lowest BCUT2D eigenvalue weighted by atomic mass is 9.90. The Balaban J connectivity index is 0.000000132. The van der Waals surface area contributed by atoms with Crippen molar-refractivity contribution in [2.24, 2.45) is 0 Å². The lowest BCUT2D eigenvalue weighted by Crippen LogP contribution is -2.00. The van der Waals surface area contributed by atoms with Crippen molar-refractivity contribution in [1.82, 2.24) is 0 Å². The molecule has 0 heterocycles. The topological polar surface area (TPSA) is 0 Å². The molecule has 0 spiro atoms. The molecule has 0 amide bonds. The molecule has 0 unspecified atom stereocenters. The molecule has 0 saturated carbocycles. The highest BCUT2D eigenvalue weighted by Gasteiger charge is 2.24. The van der Waals surface area contributed by atoms with Crippen molar-refractivity contribution in [1.29, 1.82) is 0 Å². The van der Waals surface area contributed by atoms with Gasteiger partial charge in [0.1, 0.15) is 0 Å². The van der Waals surface area contributed by atoms with Gasteiger partial charge in [0.05, 0.1) is 0 Å². The third-order valence-electron chi connectivity index (χ3n) is 6.66. The fraction of sp³-hybridized carbons (Fsp3) is 0.636. The number of hydrogen-bond acceptors (Lipinski definition) is 0. The Kier molecular flexibility index (Phi) is 3.88. The van der Waals surface area contributed by atoms with E-state index < -0.39 is 0 Å². The molecule has 5 rings (SSSR count). The molecule has 0 heteroatoms. The van der Waals surface area contributed by atoms with E-state index in [9.17, 15) is 0 Å². The second kappa shape index (κ2) is 5.87. The van der Waals surface area contributed by atoms with E-state index in [1.807, 2.05) is 11.1 Å². The van der Waals surface area contributed by atoms with E-state index in [1.54, 1.807) is 33.4 Å². The summed E-state index contributed by atoms with van der Waals surface area (Å²) in [6.07, 6.45) is 16.8. The van der Waals surface area contributed by atoms with Gasteiger partial charge in [0, 0.05) is 0 Å². The molecule has 4 aliphatic rings. The van der Waals surface area contributed by atoms with Crippen LogP contribution >= 0.6 is 0 Å². The molecule has 22 heavy (non-hydrogen) atoms. The molecule has 0 aromatic heterocycles. The van der Waals surface area contributed by atoms with Gasteiger partial charge in [-0.25, -0.2) is 0 Å². The Morgan fingerprint density at radius 3 is 1.00 bits per heavy atom. The first-order chi connectivity index (χ1) is 10.8. The Morgan fingerprint density at radius 2 is 0.682 bits per heavy atom. The van der Waals surface area contributed by atoms with Gasteiger partial charge < -0.3 is 0 Å². The first-order valence-electron chi connectivity index (χ1n) is 9.58. The quantitative estimate of drug-likeness (QED) is 0.520. The summed E-state index contributed by atoms with van der Waals surface area (Å²) in [7, 11) is 0. The summed E-state index contributed by atoms with van der Waals surface area (Å²) in [4.78, 5) is 0. The van der Waals surface area contributed by atoms with Gasteiger partial charge in [0.25, 0.3) is 0 Å². The Morgan fingerprint density at radius 1 is 0.409 bits per heavy atom. The first-order valence-corrected chi connectivity index (χ1v) is 9.58. The van der Waals surface area contributed by atoms with Crippen molar-refractivity contribution in [3.05, 3.63) is 44.5 Å². The van der Waals surface area contributed by atoms with Crippen LogP contribution in [0.5, 0.6) is 0 Å². The third-order valence-corrected chi connectivity index (χ3v) is 6.66. The molecule has 118 valence electrons. The number of fused-ring (bicyclic) bond motifs is 2. The van der Waals surface area contributed by atoms with Crippen molar-refractivity contribution < 1.29 is 0 Å². The van der Waals surface area contributed by atoms with Crippen LogP contribution in [0.15, 0.2) is 11.1 Å². The highest BCUT2D eigenvalue weighted by molar-refractivity contribution is 5.54. The molecule has 0 nitrogen and oxygen atoms in total. The van der Waals surface area contributed by atoms with E-state index >= 15 is 0 Å². The number of rotatable bonds is 0. The zero-order valence-corrected chi connectivity index (χ0v) is 14.5. The molecule has 0 aliphatic heterocycles. The van der Waals surface area contributed by atoms with Gasteiger partial charge >= 0.3 is 0 Å². The normalized spacial score (nSPS) is 21.5. The van der Waals surface area contributed by atoms with E-state index in [0.717, 1.165) is 0 Å². The maximum absolute atomic E-state index is 2.35. The van der Waals surface area contributed by atoms with Crippen LogP contribution < -0.4 is 0 Å². The summed E-state index contributed by atoms with van der Waals surface area (Å²) >= 11 is 0. The average Bonchev–Trinajstić information content (AvgIpc) is 3.28. The minimum atomic E-state index is 1.34. The Labute approximate surface area is 136 Å². The van der Waals surface area contributed by atoms with Crippen molar-refractivity contribution in [3.8, 4) is 0 Å². The smallest absolute Gasteiger partial charge is 0.0270 e. The summed E-state index contributed by atoms with van der Waals surface area (Å²) in [6.45, 7) is 4.71. The van der Waals surface area contributed by atoms with Crippen LogP contribution in [-0.4, -0.2) is 0 Å². The maximum atomic E-state index is 2.35. The predicted molar refractivity (Wildman–Crippen MR) is 94.7 cm³/mol. The van der Waals surface area contributed by atoms with Crippen LogP contribution in [0, 0.1) is 13.8 Å². The van der Waals surface area contributed by atoms with Gasteiger partial charge in [-0.05, 0) is 124 Å². The van der Waals surface area contributed by atoms with Gasteiger partial charge in [-0.15, -0.1) is 0 Å². The second-order valence-corrected chi connectivity index (χ2v) is 7.79. The standard InChI is InChI=1S/C14H18.C8H12/c1-9-11-5-3-7-13(11)10(2)14-8-4-6-12(9)14;1-3-7-5-2-6-8(7)4-1/h3-8H2,1-2H3;1-6H2. The van der Waals surface area contributed by atoms with Crippen LogP contribution in [0.1, 0.15) is 84.7 Å². The molecule has 0 saturated heterocycles. The van der Waals surface area contributed by atoms with Crippen molar-refractivity contribution >= 4 is 0 Å². The fourth-order valence-corrected chi connectivity index (χ4v) is 5.49. The second-order valence-electron chi connectivity index (χ2n) is 7.79. The molecule has 1 aromatic rings. The molecule has 1 aromatic carbocycles. The molecule has 0 atom stereocenters. The van der Waals surface area contributed by atoms with Crippen molar-refractivity contribution in [2.75, 3.05) is 0 Å². The van der Waals surface area contributed by atoms with E-state index in [-0.39, 0.29) is 0 Å². The number of hydrogen-bond donors (Lipinski definition) is 0. The van der Waals surface area contributed by atoms with Gasteiger partial charge in [-0.3, -0.25) is 0 Å². The van der Waals surface area contributed by atoms with Gasteiger partial charge in [0.15, 0.2) is 0 Å². The van der Waals surface area contributed by atoms with Gasteiger partial charge in [0.2, 0.25) is 0 Å². The molecule has 0 N–H and O–H groups in total. The predicted octanol–water partition coefficient (Wildman–Crippen LogP) is 5.93. The summed E-state index contributed by atoms with van der Waals surface area (Å²) in [5, 5.41) is 0. The van der Waals surface area contributed by atoms with Gasteiger partial charge in [-0.1, -0.05) is 11.1 Å². The fourth-order valence-electron chi connectivity index (χ4n) is 5.49. The van der Waals surface area contributed by atoms with Gasteiger partial charge in [-0.2, -0.15) is 0 Å². The highest BCUT2D eigenvalue weighted by atomic mass is 14.3. The average molecular weight is 294 g/mol. The summed E-state index contributed by atoms with van der Waals surface area (Å²) in [5.41, 5.74) is 13.8. The van der Waals surface area contributed by atoms with Crippen LogP contribution in [0.3, 0.4) is 0 Å². The van der Waals surface area contributed by atoms with Crippen LogP contribution in [-0.2, 0) is 25.7 Å². The monoisotopic (exact) mass is 294 g/mol. The largest absolute Gasteiger partial charge is 0.0710 e. The zero-order valence-electron chi connectivity index (χ0n) is 14.5. The van der Waals surface area contributed by atoms with Crippen LogP contribution in [0.25, 0.3) is 0 Å². The molecular weight excluding hydrogens is 264 g/mol. The Bertz CT molecular complexity index is 530. The van der Waals surface area contributed by atoms with E-state index in [0.29, 0.717) is 0 Å². The summed E-state index contributed by atoms with van der Waals surface area (Å²) in [5.74, 6) is 0. The molecular formula is C22H30. The minimum Gasteiger partial charge on any atom is -0.0710 e. The number of benzene rings is 1. The van der Waals surface area contributed by atoms with E-state index in [2.05, 4.69) is 13.8 Å². The molecule has 0 fully saturated rings. The summed E-state index contributed by atoms with van der Waals surface area (Å²) in [6, 6.07) is 0. The van der Waals surface area contributed by atoms with Crippen LogP contribution in [0.4, 0.5) is 0 Å². The lowest BCUT2D eigenvalue weighted by molar-refractivity contribution is 0.770. The molecule has 0 radical (unpaired) electrons. The van der Waals surface area contributed by atoms with Crippen molar-refractivity contribution in [2.45, 2.75) is 90.9 Å². The first kappa shape index (κ1) is 14.5. The van der Waals surface area contributed by atoms with Crippen molar-refractivity contribution in [3.63, 3.8) is 0 Å².